The van der Waals surface area contributed by atoms with Crippen molar-refractivity contribution in [3.05, 3.63) is 27.9 Å². The number of nitrogens with zero attached hydrogens (tertiary/aromatic N) is 2. The highest BCUT2D eigenvalue weighted by molar-refractivity contribution is 5.78. The van der Waals surface area contributed by atoms with Crippen LogP contribution in [0.1, 0.15) is 5.56 Å². The number of hydrogen-bond acceptors (Lipinski definition) is 5. The lowest BCUT2D eigenvalue weighted by Crippen LogP contribution is -2.15. The minimum Gasteiger partial charge on any atom is -0.384 e. The number of amides is 1. The summed E-state index contributed by atoms with van der Waals surface area (Å²) < 4.78 is 0. The van der Waals surface area contributed by atoms with Crippen molar-refractivity contribution in [2.75, 3.05) is 5.73 Å². The molecule has 1 aromatic rings. The van der Waals surface area contributed by atoms with Crippen molar-refractivity contribution in [2.45, 2.75) is 6.42 Å². The fourth-order valence-corrected chi connectivity index (χ4v) is 1.00. The number of aromatic nitrogens is 1. The fraction of sp³-hybridized carbons (Fsp3) is 0.143. The van der Waals surface area contributed by atoms with Gasteiger partial charge in [0.1, 0.15) is 12.0 Å². The summed E-state index contributed by atoms with van der Waals surface area (Å²) in [5, 5.41) is 10.5. The van der Waals surface area contributed by atoms with Crippen LogP contribution < -0.4 is 11.5 Å². The first-order valence-corrected chi connectivity index (χ1v) is 3.68. The van der Waals surface area contributed by atoms with Crippen molar-refractivity contribution < 1.29 is 9.72 Å². The van der Waals surface area contributed by atoms with Gasteiger partial charge in [-0.3, -0.25) is 14.9 Å². The van der Waals surface area contributed by atoms with Gasteiger partial charge in [0.05, 0.1) is 11.3 Å². The maximum atomic E-state index is 10.6. The number of nitrogens with two attached hydrogens (primary N) is 2. The zero-order valence-corrected chi connectivity index (χ0v) is 7.14. The third-order valence-electron chi connectivity index (χ3n) is 1.55. The molecule has 4 N–H and O–H groups in total. The monoisotopic (exact) mass is 196 g/mol. The largest absolute Gasteiger partial charge is 0.384 e. The molecule has 1 amide bonds. The second-order valence-corrected chi connectivity index (χ2v) is 2.64. The molecule has 1 aromatic heterocycles. The zero-order valence-electron chi connectivity index (χ0n) is 7.14. The standard InChI is InChI=1S/C7H8N4O3/c8-6-1-4(2-7(9)12)5(3-10-6)11(13)14/h1,3H,2H2,(H2,8,10)(H2,9,12). The Morgan fingerprint density at radius 3 is 2.79 bits per heavy atom. The highest BCUT2D eigenvalue weighted by atomic mass is 16.6. The Morgan fingerprint density at radius 1 is 1.64 bits per heavy atom. The lowest BCUT2D eigenvalue weighted by atomic mass is 10.1. The summed E-state index contributed by atoms with van der Waals surface area (Å²) >= 11 is 0. The quantitative estimate of drug-likeness (QED) is 0.502. The average Bonchev–Trinajstić information content (AvgIpc) is 2.01. The van der Waals surface area contributed by atoms with Gasteiger partial charge in [-0.25, -0.2) is 4.98 Å². The number of hydrogen-bond donors (Lipinski definition) is 2. The molecule has 0 aliphatic heterocycles. The van der Waals surface area contributed by atoms with E-state index in [1.165, 1.54) is 6.07 Å². The van der Waals surface area contributed by atoms with E-state index in [9.17, 15) is 14.9 Å². The number of carbonyl (C=O) groups excluding carboxylic acids is 1. The van der Waals surface area contributed by atoms with Crippen LogP contribution in [0.3, 0.4) is 0 Å². The topological polar surface area (TPSA) is 125 Å². The van der Waals surface area contributed by atoms with Gasteiger partial charge in [-0.05, 0) is 6.07 Å². The van der Waals surface area contributed by atoms with Gasteiger partial charge in [-0.2, -0.15) is 0 Å². The van der Waals surface area contributed by atoms with Crippen molar-refractivity contribution in [1.82, 2.24) is 4.98 Å². The van der Waals surface area contributed by atoms with Crippen LogP contribution in [-0.2, 0) is 11.2 Å². The van der Waals surface area contributed by atoms with E-state index in [1.807, 2.05) is 0 Å². The molecular formula is C7H8N4O3. The van der Waals surface area contributed by atoms with Crippen molar-refractivity contribution in [3.8, 4) is 0 Å². The highest BCUT2D eigenvalue weighted by Gasteiger charge is 2.15. The van der Waals surface area contributed by atoms with Gasteiger partial charge in [0.2, 0.25) is 5.91 Å². The average molecular weight is 196 g/mol. The van der Waals surface area contributed by atoms with E-state index >= 15 is 0 Å². The minimum atomic E-state index is -0.654. The van der Waals surface area contributed by atoms with Crippen LogP contribution in [0.15, 0.2) is 12.3 Å². The van der Waals surface area contributed by atoms with Gasteiger partial charge in [-0.15, -0.1) is 0 Å². The summed E-state index contributed by atoms with van der Waals surface area (Å²) in [4.78, 5) is 24.0. The molecule has 0 aromatic carbocycles. The molecule has 0 aliphatic rings. The van der Waals surface area contributed by atoms with Crippen molar-refractivity contribution >= 4 is 17.4 Å². The van der Waals surface area contributed by atoms with E-state index in [4.69, 9.17) is 11.5 Å². The lowest BCUT2D eigenvalue weighted by molar-refractivity contribution is -0.385. The summed E-state index contributed by atoms with van der Waals surface area (Å²) in [6, 6.07) is 1.27. The van der Waals surface area contributed by atoms with Gasteiger partial charge in [0, 0.05) is 5.56 Å². The first-order valence-electron chi connectivity index (χ1n) is 3.68. The number of pyridine rings is 1. The fourth-order valence-electron chi connectivity index (χ4n) is 1.00. The molecule has 0 saturated heterocycles. The predicted octanol–water partition coefficient (Wildman–Crippen LogP) is -0.400. The van der Waals surface area contributed by atoms with Gasteiger partial charge in [0.25, 0.3) is 5.69 Å². The Labute approximate surface area is 78.9 Å². The van der Waals surface area contributed by atoms with Gasteiger partial charge >= 0.3 is 0 Å². The number of rotatable bonds is 3. The van der Waals surface area contributed by atoms with Crippen LogP contribution in [0.4, 0.5) is 11.5 Å². The first-order chi connectivity index (χ1) is 6.50. The highest BCUT2D eigenvalue weighted by Crippen LogP contribution is 2.19. The molecule has 1 rings (SSSR count). The Kier molecular flexibility index (Phi) is 2.61. The molecular weight excluding hydrogens is 188 g/mol. The van der Waals surface area contributed by atoms with E-state index in [0.29, 0.717) is 0 Å². The number of nitrogen functional groups attached to an aromatic ring is 1. The lowest BCUT2D eigenvalue weighted by Gasteiger charge is -2.00. The second-order valence-electron chi connectivity index (χ2n) is 2.64. The van der Waals surface area contributed by atoms with Crippen LogP contribution in [-0.4, -0.2) is 15.8 Å². The summed E-state index contributed by atoms with van der Waals surface area (Å²) in [6.07, 6.45) is 0.788. The zero-order chi connectivity index (χ0) is 10.7. The molecule has 0 saturated carbocycles. The molecule has 0 bridgehead atoms. The number of primary amides is 1. The molecule has 0 atom stereocenters. The second kappa shape index (κ2) is 3.69. The summed E-state index contributed by atoms with van der Waals surface area (Å²) in [5.74, 6) is -0.537. The Balaban J connectivity index is 3.15. The molecule has 74 valence electrons. The van der Waals surface area contributed by atoms with E-state index in [1.54, 1.807) is 0 Å². The Hall–Kier alpha value is -2.18. The Bertz CT molecular complexity index is 391. The van der Waals surface area contributed by atoms with Crippen LogP contribution in [0, 0.1) is 10.1 Å². The molecule has 0 radical (unpaired) electrons. The number of anilines is 1. The smallest absolute Gasteiger partial charge is 0.291 e. The molecule has 7 nitrogen and oxygen atoms in total. The number of carbonyl (C=O) groups is 1. The molecule has 14 heavy (non-hydrogen) atoms. The minimum absolute atomic E-state index is 0.117. The van der Waals surface area contributed by atoms with Gasteiger partial charge in [0.15, 0.2) is 0 Å². The SMILES string of the molecule is NC(=O)Cc1cc(N)ncc1[N+](=O)[O-]. The number of nitro groups is 1. The maximum absolute atomic E-state index is 10.6. The normalized spacial score (nSPS) is 9.71. The summed E-state index contributed by atoms with van der Waals surface area (Å²) in [6.45, 7) is 0. The van der Waals surface area contributed by atoms with E-state index < -0.39 is 10.8 Å². The maximum Gasteiger partial charge on any atom is 0.291 e. The van der Waals surface area contributed by atoms with E-state index in [2.05, 4.69) is 4.98 Å². The third-order valence-corrected chi connectivity index (χ3v) is 1.55. The van der Waals surface area contributed by atoms with Crippen molar-refractivity contribution in [3.63, 3.8) is 0 Å². The van der Waals surface area contributed by atoms with Crippen molar-refractivity contribution in [2.24, 2.45) is 5.73 Å². The third kappa shape index (κ3) is 2.16. The van der Waals surface area contributed by atoms with Gasteiger partial charge < -0.3 is 11.5 Å². The summed E-state index contributed by atoms with van der Waals surface area (Å²) in [7, 11) is 0. The first kappa shape index (κ1) is 9.90. The Morgan fingerprint density at radius 2 is 2.29 bits per heavy atom. The molecule has 0 unspecified atom stereocenters. The van der Waals surface area contributed by atoms with Crippen molar-refractivity contribution in [1.29, 1.82) is 0 Å². The molecule has 1 heterocycles. The van der Waals surface area contributed by atoms with Crippen LogP contribution >= 0.6 is 0 Å². The van der Waals surface area contributed by atoms with Crippen LogP contribution in [0.25, 0.3) is 0 Å². The molecule has 7 heteroatoms. The van der Waals surface area contributed by atoms with E-state index in [-0.39, 0.29) is 23.5 Å². The van der Waals surface area contributed by atoms with Gasteiger partial charge in [-0.1, -0.05) is 0 Å². The molecule has 0 aliphatic carbocycles. The molecule has 0 fully saturated rings. The van der Waals surface area contributed by atoms with Crippen LogP contribution in [0.2, 0.25) is 0 Å². The summed E-state index contributed by atoms with van der Waals surface area (Å²) in [5.41, 5.74) is 10.2. The molecule has 0 spiro atoms. The van der Waals surface area contributed by atoms with E-state index in [0.717, 1.165) is 6.20 Å². The van der Waals surface area contributed by atoms with Crippen LogP contribution in [0.5, 0.6) is 0 Å². The predicted molar refractivity (Wildman–Crippen MR) is 48.2 cm³/mol.